The van der Waals surface area contributed by atoms with Gasteiger partial charge < -0.3 is 0 Å². The SMILES string of the molecule is CCCCCCCCc1ccccc1-c1ccccc1-c1ccccc1.S. The van der Waals surface area contributed by atoms with Crippen molar-refractivity contribution in [3.8, 4) is 22.3 Å². The lowest BCUT2D eigenvalue weighted by molar-refractivity contribution is 0.608. The van der Waals surface area contributed by atoms with Crippen LogP contribution in [0.2, 0.25) is 0 Å². The highest BCUT2D eigenvalue weighted by Crippen LogP contribution is 2.34. The Bertz CT molecular complexity index is 792. The van der Waals surface area contributed by atoms with Gasteiger partial charge in [-0.1, -0.05) is 118 Å². The molecule has 0 radical (unpaired) electrons. The van der Waals surface area contributed by atoms with E-state index in [0.717, 1.165) is 0 Å². The van der Waals surface area contributed by atoms with Crippen LogP contribution in [0, 0.1) is 0 Å². The maximum Gasteiger partial charge on any atom is -0.0103 e. The largest absolute Gasteiger partial charge is 0.197 e. The third kappa shape index (κ3) is 6.01. The zero-order chi connectivity index (χ0) is 18.0. The minimum atomic E-state index is 0. The number of hydrogen-bond acceptors (Lipinski definition) is 0. The molecule has 3 rings (SSSR count). The van der Waals surface area contributed by atoms with Gasteiger partial charge in [0.1, 0.15) is 0 Å². The molecule has 27 heavy (non-hydrogen) atoms. The first kappa shape index (κ1) is 21.3. The Morgan fingerprint density at radius 2 is 1.07 bits per heavy atom. The van der Waals surface area contributed by atoms with Gasteiger partial charge in [0, 0.05) is 0 Å². The van der Waals surface area contributed by atoms with Crippen molar-refractivity contribution in [2.45, 2.75) is 51.9 Å². The van der Waals surface area contributed by atoms with E-state index in [1.54, 1.807) is 0 Å². The second-order valence-electron chi connectivity index (χ2n) is 7.09. The molecule has 0 N–H and O–H groups in total. The van der Waals surface area contributed by atoms with Gasteiger partial charge >= 0.3 is 0 Å². The molecule has 3 aromatic carbocycles. The summed E-state index contributed by atoms with van der Waals surface area (Å²) in [5, 5.41) is 0. The molecule has 0 unspecified atom stereocenters. The molecule has 142 valence electrons. The molecule has 0 nitrogen and oxygen atoms in total. The minimum Gasteiger partial charge on any atom is -0.197 e. The lowest BCUT2D eigenvalue weighted by Gasteiger charge is -2.14. The van der Waals surface area contributed by atoms with Crippen molar-refractivity contribution in [2.24, 2.45) is 0 Å². The van der Waals surface area contributed by atoms with Gasteiger partial charge in [0.25, 0.3) is 0 Å². The summed E-state index contributed by atoms with van der Waals surface area (Å²) in [6.07, 6.45) is 9.25. The Hall–Kier alpha value is -1.99. The lowest BCUT2D eigenvalue weighted by atomic mass is 9.90. The summed E-state index contributed by atoms with van der Waals surface area (Å²) >= 11 is 0. The second-order valence-corrected chi connectivity index (χ2v) is 7.09. The first-order chi connectivity index (χ1) is 12.9. The summed E-state index contributed by atoms with van der Waals surface area (Å²) in [7, 11) is 0. The lowest BCUT2D eigenvalue weighted by Crippen LogP contribution is -1.93. The van der Waals surface area contributed by atoms with Crippen molar-refractivity contribution in [3.05, 3.63) is 84.4 Å². The molecule has 0 bridgehead atoms. The molecule has 0 aliphatic carbocycles. The molecule has 0 saturated carbocycles. The summed E-state index contributed by atoms with van der Waals surface area (Å²) in [5.74, 6) is 0. The van der Waals surface area contributed by atoms with Crippen LogP contribution >= 0.6 is 13.5 Å². The van der Waals surface area contributed by atoms with Crippen LogP contribution in [-0.4, -0.2) is 0 Å². The zero-order valence-electron chi connectivity index (χ0n) is 16.5. The molecule has 0 saturated heterocycles. The molecule has 1 heteroatoms. The van der Waals surface area contributed by atoms with Crippen molar-refractivity contribution in [3.63, 3.8) is 0 Å². The van der Waals surface area contributed by atoms with Crippen LogP contribution in [-0.2, 0) is 6.42 Å². The van der Waals surface area contributed by atoms with E-state index in [-0.39, 0.29) is 13.5 Å². The number of unbranched alkanes of at least 4 members (excludes halogenated alkanes) is 5. The third-order valence-corrected chi connectivity index (χ3v) is 5.12. The highest BCUT2D eigenvalue weighted by atomic mass is 32.1. The van der Waals surface area contributed by atoms with E-state index < -0.39 is 0 Å². The van der Waals surface area contributed by atoms with Crippen LogP contribution < -0.4 is 0 Å². The van der Waals surface area contributed by atoms with Crippen LogP contribution in [0.15, 0.2) is 78.9 Å². The van der Waals surface area contributed by atoms with E-state index in [1.807, 2.05) is 0 Å². The number of rotatable bonds is 9. The Balaban J connectivity index is 0.00000261. The smallest absolute Gasteiger partial charge is 0.0103 e. The summed E-state index contributed by atoms with van der Waals surface area (Å²) in [4.78, 5) is 0. The maximum atomic E-state index is 2.31. The van der Waals surface area contributed by atoms with Gasteiger partial charge in [-0.2, -0.15) is 13.5 Å². The van der Waals surface area contributed by atoms with Gasteiger partial charge in [-0.25, -0.2) is 0 Å². The minimum absolute atomic E-state index is 0. The third-order valence-electron chi connectivity index (χ3n) is 5.12. The van der Waals surface area contributed by atoms with Crippen LogP contribution in [0.5, 0.6) is 0 Å². The van der Waals surface area contributed by atoms with Gasteiger partial charge in [0.2, 0.25) is 0 Å². The molecule has 0 atom stereocenters. The topological polar surface area (TPSA) is 0 Å². The van der Waals surface area contributed by atoms with E-state index in [4.69, 9.17) is 0 Å². The molecule has 3 aromatic rings. The quantitative estimate of drug-likeness (QED) is 0.331. The number of aryl methyl sites for hydroxylation is 1. The van der Waals surface area contributed by atoms with E-state index in [2.05, 4.69) is 85.8 Å². The molecule has 0 spiro atoms. The van der Waals surface area contributed by atoms with Crippen LogP contribution in [0.1, 0.15) is 51.0 Å². The van der Waals surface area contributed by atoms with E-state index in [9.17, 15) is 0 Å². The normalized spacial score (nSPS) is 10.4. The molecule has 0 heterocycles. The fraction of sp³-hybridized carbons (Fsp3) is 0.308. The van der Waals surface area contributed by atoms with Crippen LogP contribution in [0.25, 0.3) is 22.3 Å². The van der Waals surface area contributed by atoms with Crippen molar-refractivity contribution in [1.82, 2.24) is 0 Å². The standard InChI is InChI=1S/C26H30.H2S/c1-2-3-4-5-6-8-15-23-18-11-12-19-24(23)26-21-14-13-20-25(26)22-16-9-7-10-17-22;/h7,9-14,16-21H,2-6,8,15H2,1H3;1H2. The predicted molar refractivity (Wildman–Crippen MR) is 125 cm³/mol. The molecule has 0 amide bonds. The maximum absolute atomic E-state index is 2.31. The predicted octanol–water partition coefficient (Wildman–Crippen LogP) is 8.04. The highest BCUT2D eigenvalue weighted by Gasteiger charge is 2.10. The van der Waals surface area contributed by atoms with Crippen molar-refractivity contribution < 1.29 is 0 Å². The molecule has 0 aromatic heterocycles. The van der Waals surface area contributed by atoms with E-state index in [0.29, 0.717) is 0 Å². The Morgan fingerprint density at radius 1 is 0.519 bits per heavy atom. The molecule has 0 aliphatic rings. The molecule has 0 aliphatic heterocycles. The Kier molecular flexibility index (Phi) is 9.21. The fourth-order valence-electron chi connectivity index (χ4n) is 3.68. The first-order valence-electron chi connectivity index (χ1n) is 10.1. The van der Waals surface area contributed by atoms with Gasteiger partial charge in [-0.05, 0) is 40.7 Å². The van der Waals surface area contributed by atoms with Crippen LogP contribution in [0.3, 0.4) is 0 Å². The van der Waals surface area contributed by atoms with Crippen molar-refractivity contribution in [1.29, 1.82) is 0 Å². The van der Waals surface area contributed by atoms with Gasteiger partial charge in [-0.3, -0.25) is 0 Å². The van der Waals surface area contributed by atoms with Crippen molar-refractivity contribution in [2.75, 3.05) is 0 Å². The monoisotopic (exact) mass is 376 g/mol. The number of benzene rings is 3. The Labute approximate surface area is 172 Å². The Morgan fingerprint density at radius 3 is 1.81 bits per heavy atom. The van der Waals surface area contributed by atoms with Crippen molar-refractivity contribution >= 4 is 13.5 Å². The first-order valence-corrected chi connectivity index (χ1v) is 10.1. The zero-order valence-corrected chi connectivity index (χ0v) is 17.5. The average molecular weight is 377 g/mol. The van der Waals surface area contributed by atoms with Gasteiger partial charge in [0.15, 0.2) is 0 Å². The summed E-state index contributed by atoms with van der Waals surface area (Å²) in [6.45, 7) is 2.28. The second kappa shape index (κ2) is 11.7. The molecular weight excluding hydrogens is 344 g/mol. The van der Waals surface area contributed by atoms with Gasteiger partial charge in [-0.15, -0.1) is 0 Å². The fourth-order valence-corrected chi connectivity index (χ4v) is 3.68. The molecule has 0 fully saturated rings. The summed E-state index contributed by atoms with van der Waals surface area (Å²) in [6, 6.07) is 28.5. The average Bonchev–Trinajstić information content (AvgIpc) is 2.71. The summed E-state index contributed by atoms with van der Waals surface area (Å²) < 4.78 is 0. The summed E-state index contributed by atoms with van der Waals surface area (Å²) in [5.41, 5.74) is 6.83. The number of hydrogen-bond donors (Lipinski definition) is 0. The van der Waals surface area contributed by atoms with Gasteiger partial charge in [0.05, 0.1) is 0 Å². The van der Waals surface area contributed by atoms with Crippen LogP contribution in [0.4, 0.5) is 0 Å². The highest BCUT2D eigenvalue weighted by molar-refractivity contribution is 7.59. The molecular formula is C26H32S. The van der Waals surface area contributed by atoms with E-state index >= 15 is 0 Å². The van der Waals surface area contributed by atoms with E-state index in [1.165, 1.54) is 72.8 Å².